The second-order valence-corrected chi connectivity index (χ2v) is 7.65. The largest absolute Gasteiger partial charge is 0.481 e. The minimum atomic E-state index is -0.888. The SMILES string of the molecule is CCC(CCC(=O)O)NC(=O)/C=C/CNC(=O)OCC1c2ccccc2-c2ccccc21. The highest BCUT2D eigenvalue weighted by Gasteiger charge is 2.28. The Morgan fingerprint density at radius 3 is 2.28 bits per heavy atom. The average molecular weight is 437 g/mol. The number of nitrogens with one attached hydrogen (secondary N) is 2. The van der Waals surface area contributed by atoms with Gasteiger partial charge in [0, 0.05) is 31.0 Å². The summed E-state index contributed by atoms with van der Waals surface area (Å²) < 4.78 is 5.44. The number of carboxylic acid groups (broad SMARTS) is 1. The van der Waals surface area contributed by atoms with E-state index in [9.17, 15) is 14.4 Å². The van der Waals surface area contributed by atoms with Crippen LogP contribution in [-0.4, -0.2) is 42.3 Å². The van der Waals surface area contributed by atoms with Crippen molar-refractivity contribution >= 4 is 18.0 Å². The van der Waals surface area contributed by atoms with Gasteiger partial charge in [-0.1, -0.05) is 61.5 Å². The Labute approximate surface area is 187 Å². The van der Waals surface area contributed by atoms with Crippen LogP contribution in [0.5, 0.6) is 0 Å². The molecule has 1 aliphatic carbocycles. The number of carbonyl (C=O) groups is 3. The first-order valence-electron chi connectivity index (χ1n) is 10.8. The summed E-state index contributed by atoms with van der Waals surface area (Å²) in [6, 6.07) is 16.1. The van der Waals surface area contributed by atoms with Gasteiger partial charge < -0.3 is 20.5 Å². The van der Waals surface area contributed by atoms with Crippen LogP contribution in [0.3, 0.4) is 0 Å². The molecule has 0 aliphatic heterocycles. The smallest absolute Gasteiger partial charge is 0.407 e. The molecule has 0 saturated carbocycles. The predicted molar refractivity (Wildman–Crippen MR) is 121 cm³/mol. The fraction of sp³-hybridized carbons (Fsp3) is 0.320. The van der Waals surface area contributed by atoms with Crippen LogP contribution in [0.4, 0.5) is 4.79 Å². The molecule has 0 bridgehead atoms. The minimum Gasteiger partial charge on any atom is -0.481 e. The Morgan fingerprint density at radius 2 is 1.69 bits per heavy atom. The molecule has 0 aromatic heterocycles. The zero-order chi connectivity index (χ0) is 22.9. The van der Waals surface area contributed by atoms with Crippen molar-refractivity contribution in [3.63, 3.8) is 0 Å². The normalized spacial score (nSPS) is 13.3. The molecule has 1 atom stereocenters. The highest BCUT2D eigenvalue weighted by atomic mass is 16.5. The van der Waals surface area contributed by atoms with E-state index < -0.39 is 12.1 Å². The third kappa shape index (κ3) is 5.97. The zero-order valence-electron chi connectivity index (χ0n) is 18.0. The van der Waals surface area contributed by atoms with Gasteiger partial charge in [-0.05, 0) is 35.1 Å². The van der Waals surface area contributed by atoms with Crippen LogP contribution in [0, 0.1) is 0 Å². The monoisotopic (exact) mass is 436 g/mol. The van der Waals surface area contributed by atoms with E-state index in [4.69, 9.17) is 9.84 Å². The number of alkyl carbamates (subject to hydrolysis) is 1. The average Bonchev–Trinajstić information content (AvgIpc) is 3.11. The van der Waals surface area contributed by atoms with Crippen LogP contribution >= 0.6 is 0 Å². The number of fused-ring (bicyclic) bond motifs is 3. The fourth-order valence-electron chi connectivity index (χ4n) is 3.88. The molecule has 3 N–H and O–H groups in total. The van der Waals surface area contributed by atoms with E-state index in [1.807, 2.05) is 31.2 Å². The number of hydrogen-bond acceptors (Lipinski definition) is 4. The van der Waals surface area contributed by atoms with Crippen LogP contribution in [0.1, 0.15) is 43.2 Å². The molecule has 0 saturated heterocycles. The lowest BCUT2D eigenvalue weighted by molar-refractivity contribution is -0.137. The quantitative estimate of drug-likeness (QED) is 0.491. The summed E-state index contributed by atoms with van der Waals surface area (Å²) in [4.78, 5) is 34.7. The number of carboxylic acids is 1. The lowest BCUT2D eigenvalue weighted by Crippen LogP contribution is -2.33. The van der Waals surface area contributed by atoms with E-state index in [1.54, 1.807) is 0 Å². The molecule has 1 unspecified atom stereocenters. The van der Waals surface area contributed by atoms with Gasteiger partial charge >= 0.3 is 12.1 Å². The van der Waals surface area contributed by atoms with Crippen molar-refractivity contribution in [3.05, 3.63) is 71.8 Å². The fourth-order valence-corrected chi connectivity index (χ4v) is 3.88. The zero-order valence-corrected chi connectivity index (χ0v) is 18.0. The van der Waals surface area contributed by atoms with Crippen molar-refractivity contribution < 1.29 is 24.2 Å². The highest BCUT2D eigenvalue weighted by molar-refractivity contribution is 5.87. The summed E-state index contributed by atoms with van der Waals surface area (Å²) in [5.41, 5.74) is 4.62. The van der Waals surface area contributed by atoms with Crippen LogP contribution in [0.2, 0.25) is 0 Å². The number of benzene rings is 2. The van der Waals surface area contributed by atoms with Crippen molar-refractivity contribution in [1.29, 1.82) is 0 Å². The number of rotatable bonds is 10. The topological polar surface area (TPSA) is 105 Å². The van der Waals surface area contributed by atoms with E-state index in [-0.39, 0.29) is 37.4 Å². The molecular weight excluding hydrogens is 408 g/mol. The van der Waals surface area contributed by atoms with E-state index >= 15 is 0 Å². The number of aliphatic carboxylic acids is 1. The highest BCUT2D eigenvalue weighted by Crippen LogP contribution is 2.44. The van der Waals surface area contributed by atoms with Crippen molar-refractivity contribution in [2.75, 3.05) is 13.2 Å². The molecule has 32 heavy (non-hydrogen) atoms. The van der Waals surface area contributed by atoms with Crippen molar-refractivity contribution in [1.82, 2.24) is 10.6 Å². The summed E-state index contributed by atoms with van der Waals surface area (Å²) in [6.45, 7) is 2.26. The van der Waals surface area contributed by atoms with E-state index in [0.717, 1.165) is 11.1 Å². The molecule has 1 aliphatic rings. The predicted octanol–water partition coefficient (Wildman–Crippen LogP) is 3.84. The molecule has 7 nitrogen and oxygen atoms in total. The Morgan fingerprint density at radius 1 is 1.06 bits per heavy atom. The first-order valence-corrected chi connectivity index (χ1v) is 10.8. The Hall–Kier alpha value is -3.61. The maximum absolute atomic E-state index is 12.1. The van der Waals surface area contributed by atoms with Gasteiger partial charge in [-0.2, -0.15) is 0 Å². The summed E-state index contributed by atoms with van der Waals surface area (Å²) in [5, 5.41) is 14.1. The van der Waals surface area contributed by atoms with Gasteiger partial charge in [0.15, 0.2) is 0 Å². The number of hydrogen-bond donors (Lipinski definition) is 3. The van der Waals surface area contributed by atoms with Crippen LogP contribution < -0.4 is 10.6 Å². The van der Waals surface area contributed by atoms with Crippen molar-refractivity contribution in [2.24, 2.45) is 0 Å². The first-order chi connectivity index (χ1) is 15.5. The Bertz CT molecular complexity index is 956. The van der Waals surface area contributed by atoms with Crippen LogP contribution in [0.25, 0.3) is 11.1 Å². The summed E-state index contributed by atoms with van der Waals surface area (Å²) in [5.74, 6) is -1.22. The van der Waals surface area contributed by atoms with Gasteiger partial charge in [0.05, 0.1) is 0 Å². The number of carbonyl (C=O) groups excluding carboxylic acids is 2. The molecular formula is C25H28N2O5. The lowest BCUT2D eigenvalue weighted by Gasteiger charge is -2.14. The van der Waals surface area contributed by atoms with Gasteiger partial charge in [-0.15, -0.1) is 0 Å². The Balaban J connectivity index is 1.44. The molecule has 2 amide bonds. The van der Waals surface area contributed by atoms with Gasteiger partial charge in [-0.25, -0.2) is 4.79 Å². The number of ether oxygens (including phenoxy) is 1. The molecule has 7 heteroatoms. The van der Waals surface area contributed by atoms with Crippen LogP contribution in [-0.2, 0) is 14.3 Å². The van der Waals surface area contributed by atoms with Crippen molar-refractivity contribution in [2.45, 2.75) is 38.1 Å². The minimum absolute atomic E-state index is 0.00579. The summed E-state index contributed by atoms with van der Waals surface area (Å²) in [7, 11) is 0. The maximum atomic E-state index is 12.1. The van der Waals surface area contributed by atoms with Gasteiger partial charge in [0.1, 0.15) is 6.61 Å². The molecule has 0 spiro atoms. The van der Waals surface area contributed by atoms with Crippen LogP contribution in [0.15, 0.2) is 60.7 Å². The molecule has 2 aromatic rings. The van der Waals surface area contributed by atoms with E-state index in [1.165, 1.54) is 23.3 Å². The molecule has 0 fully saturated rings. The van der Waals surface area contributed by atoms with Crippen molar-refractivity contribution in [3.8, 4) is 11.1 Å². The standard InChI is InChI=1S/C25H28N2O5/c1-2-17(13-14-24(29)30)27-23(28)12-7-15-26-25(31)32-16-22-20-10-5-3-8-18(20)19-9-4-6-11-21(19)22/h3-12,17,22H,2,13-16H2,1H3,(H,26,31)(H,27,28)(H,29,30)/b12-7+. The third-order valence-corrected chi connectivity index (χ3v) is 5.52. The molecule has 0 radical (unpaired) electrons. The van der Waals surface area contributed by atoms with E-state index in [2.05, 4.69) is 34.9 Å². The Kier molecular flexibility index (Phi) is 8.02. The van der Waals surface area contributed by atoms with Gasteiger partial charge in [-0.3, -0.25) is 9.59 Å². The van der Waals surface area contributed by atoms with E-state index in [0.29, 0.717) is 12.8 Å². The maximum Gasteiger partial charge on any atom is 0.407 e. The molecule has 0 heterocycles. The summed E-state index contributed by atoms with van der Waals surface area (Å²) in [6.07, 6.45) is 3.33. The lowest BCUT2D eigenvalue weighted by atomic mass is 9.98. The molecule has 168 valence electrons. The van der Waals surface area contributed by atoms with Gasteiger partial charge in [0.2, 0.25) is 5.91 Å². The second-order valence-electron chi connectivity index (χ2n) is 7.65. The second kappa shape index (κ2) is 11.1. The molecule has 2 aromatic carbocycles. The summed E-state index contributed by atoms with van der Waals surface area (Å²) >= 11 is 0. The third-order valence-electron chi connectivity index (χ3n) is 5.52. The molecule has 3 rings (SSSR count). The van der Waals surface area contributed by atoms with Gasteiger partial charge in [0.25, 0.3) is 0 Å². The first kappa shape index (κ1) is 23.1. The number of amides is 2.